The molecule has 152 valence electrons. The van der Waals surface area contributed by atoms with Crippen LogP contribution in [0.1, 0.15) is 26.2 Å². The summed E-state index contributed by atoms with van der Waals surface area (Å²) in [6.07, 6.45) is 2.90. The summed E-state index contributed by atoms with van der Waals surface area (Å²) in [4.78, 5) is 18.1. The van der Waals surface area contributed by atoms with E-state index in [9.17, 15) is 4.79 Å². The maximum Gasteiger partial charge on any atom is 0.265 e. The van der Waals surface area contributed by atoms with Gasteiger partial charge in [0, 0.05) is 39.9 Å². The molecular formula is C19H31IN4O3. The predicted octanol–water partition coefficient (Wildman–Crippen LogP) is 2.40. The number of anilines is 1. The third kappa shape index (κ3) is 7.92. The van der Waals surface area contributed by atoms with Gasteiger partial charge in [0.2, 0.25) is 0 Å². The smallest absolute Gasteiger partial charge is 0.265 e. The number of carbonyl (C=O) groups is 1. The van der Waals surface area contributed by atoms with Crippen LogP contribution >= 0.6 is 24.0 Å². The number of benzene rings is 1. The predicted molar refractivity (Wildman–Crippen MR) is 119 cm³/mol. The molecule has 2 N–H and O–H groups in total. The minimum atomic E-state index is 0. The monoisotopic (exact) mass is 490 g/mol. The van der Waals surface area contributed by atoms with Crippen molar-refractivity contribution < 1.29 is 14.3 Å². The molecule has 0 fully saturated rings. The first-order valence-corrected chi connectivity index (χ1v) is 9.30. The highest BCUT2D eigenvalue weighted by molar-refractivity contribution is 14.0. The van der Waals surface area contributed by atoms with E-state index in [1.54, 1.807) is 11.9 Å². The zero-order valence-corrected chi connectivity index (χ0v) is 18.5. The second-order valence-corrected chi connectivity index (χ2v) is 5.99. The molecule has 0 unspecified atom stereocenters. The number of aliphatic imine (C=N–C) groups is 1. The Morgan fingerprint density at radius 3 is 2.70 bits per heavy atom. The van der Waals surface area contributed by atoms with Crippen LogP contribution in [0.4, 0.5) is 5.69 Å². The third-order valence-electron chi connectivity index (χ3n) is 4.09. The number of nitrogens with zero attached hydrogens (tertiary/aromatic N) is 2. The Balaban J connectivity index is 0.00000364. The van der Waals surface area contributed by atoms with Crippen LogP contribution in [-0.4, -0.2) is 58.4 Å². The highest BCUT2D eigenvalue weighted by Gasteiger charge is 2.24. The van der Waals surface area contributed by atoms with Crippen LogP contribution < -0.4 is 20.3 Å². The van der Waals surface area contributed by atoms with Crippen molar-refractivity contribution >= 4 is 41.5 Å². The number of unbranched alkanes of at least 4 members (excludes halogenated alkanes) is 1. The fourth-order valence-electron chi connectivity index (χ4n) is 2.74. The lowest BCUT2D eigenvalue weighted by Crippen LogP contribution is -2.42. The van der Waals surface area contributed by atoms with Crippen LogP contribution in [0.25, 0.3) is 0 Å². The highest BCUT2D eigenvalue weighted by Crippen LogP contribution is 2.31. The molecule has 0 spiro atoms. The number of hydrogen-bond acceptors (Lipinski definition) is 4. The van der Waals surface area contributed by atoms with Gasteiger partial charge in [-0.2, -0.15) is 0 Å². The zero-order chi connectivity index (χ0) is 18.6. The van der Waals surface area contributed by atoms with Gasteiger partial charge in [0.1, 0.15) is 5.75 Å². The molecule has 0 radical (unpaired) electrons. The number of guanidine groups is 1. The standard InChI is InChI=1S/C19H30N4O3.HI/c1-3-25-14-7-6-11-21-19(20-2)22-12-8-13-23-16-9-4-5-10-17(16)26-15-18(23)24;/h4-5,9-10H,3,6-8,11-15H2,1-2H3,(H2,20,21,22);1H. The molecule has 2 rings (SSSR count). The fraction of sp³-hybridized carbons (Fsp3) is 0.579. The van der Waals surface area contributed by atoms with Gasteiger partial charge < -0.3 is 25.0 Å². The van der Waals surface area contributed by atoms with Gasteiger partial charge in [0.25, 0.3) is 5.91 Å². The molecule has 0 saturated carbocycles. The van der Waals surface area contributed by atoms with Crippen molar-refractivity contribution in [3.8, 4) is 5.75 Å². The minimum Gasteiger partial charge on any atom is -0.482 e. The van der Waals surface area contributed by atoms with E-state index in [1.807, 2.05) is 31.2 Å². The third-order valence-corrected chi connectivity index (χ3v) is 4.09. The second kappa shape index (κ2) is 13.6. The first-order chi connectivity index (χ1) is 12.8. The number of ether oxygens (including phenoxy) is 2. The van der Waals surface area contributed by atoms with E-state index in [4.69, 9.17) is 9.47 Å². The molecule has 8 heteroatoms. The maximum absolute atomic E-state index is 12.1. The topological polar surface area (TPSA) is 75.2 Å². The van der Waals surface area contributed by atoms with Crippen LogP contribution in [-0.2, 0) is 9.53 Å². The summed E-state index contributed by atoms with van der Waals surface area (Å²) in [5.41, 5.74) is 0.848. The number of para-hydroxylation sites is 2. The number of hydrogen-bond donors (Lipinski definition) is 2. The normalized spacial score (nSPS) is 13.5. The molecule has 1 amide bonds. The SMILES string of the molecule is CCOCCCCNC(=NC)NCCCN1C(=O)COc2ccccc21.I. The van der Waals surface area contributed by atoms with E-state index in [1.165, 1.54) is 0 Å². The molecule has 1 heterocycles. The average molecular weight is 490 g/mol. The van der Waals surface area contributed by atoms with Crippen LogP contribution in [0.5, 0.6) is 5.75 Å². The average Bonchev–Trinajstić information content (AvgIpc) is 2.67. The Bertz CT molecular complexity index is 598. The molecule has 1 aromatic carbocycles. The van der Waals surface area contributed by atoms with Crippen molar-refractivity contribution in [3.05, 3.63) is 24.3 Å². The summed E-state index contributed by atoms with van der Waals surface area (Å²) in [6.45, 7) is 5.94. The summed E-state index contributed by atoms with van der Waals surface area (Å²) in [6, 6.07) is 7.65. The Labute approximate surface area is 178 Å². The molecule has 0 aliphatic carbocycles. The number of amides is 1. The van der Waals surface area contributed by atoms with Gasteiger partial charge in [0.05, 0.1) is 5.69 Å². The van der Waals surface area contributed by atoms with Crippen molar-refractivity contribution in [2.75, 3.05) is 51.4 Å². The lowest BCUT2D eigenvalue weighted by atomic mass is 10.2. The van der Waals surface area contributed by atoms with Crippen LogP contribution in [0.3, 0.4) is 0 Å². The first-order valence-electron chi connectivity index (χ1n) is 9.30. The Morgan fingerprint density at radius 2 is 1.96 bits per heavy atom. The van der Waals surface area contributed by atoms with Crippen LogP contribution in [0.15, 0.2) is 29.3 Å². The largest absolute Gasteiger partial charge is 0.482 e. The van der Waals surface area contributed by atoms with Crippen molar-refractivity contribution in [1.82, 2.24) is 10.6 Å². The molecule has 1 aromatic rings. The van der Waals surface area contributed by atoms with Crippen molar-refractivity contribution in [2.24, 2.45) is 4.99 Å². The van der Waals surface area contributed by atoms with Crippen molar-refractivity contribution in [1.29, 1.82) is 0 Å². The van der Waals surface area contributed by atoms with E-state index < -0.39 is 0 Å². The number of rotatable bonds is 10. The molecule has 0 aromatic heterocycles. The molecule has 1 aliphatic heterocycles. The number of nitrogens with one attached hydrogen (secondary N) is 2. The Morgan fingerprint density at radius 1 is 1.22 bits per heavy atom. The summed E-state index contributed by atoms with van der Waals surface area (Å²) in [7, 11) is 1.76. The zero-order valence-electron chi connectivity index (χ0n) is 16.2. The van der Waals surface area contributed by atoms with Gasteiger partial charge >= 0.3 is 0 Å². The van der Waals surface area contributed by atoms with Crippen molar-refractivity contribution in [2.45, 2.75) is 26.2 Å². The van der Waals surface area contributed by atoms with E-state index >= 15 is 0 Å². The van der Waals surface area contributed by atoms with E-state index in [-0.39, 0.29) is 36.5 Å². The van der Waals surface area contributed by atoms with Crippen molar-refractivity contribution in [3.63, 3.8) is 0 Å². The van der Waals surface area contributed by atoms with Gasteiger partial charge in [-0.05, 0) is 38.3 Å². The van der Waals surface area contributed by atoms with Gasteiger partial charge in [-0.25, -0.2) is 0 Å². The molecule has 27 heavy (non-hydrogen) atoms. The van der Waals surface area contributed by atoms with Gasteiger partial charge in [-0.15, -0.1) is 24.0 Å². The van der Waals surface area contributed by atoms with Crippen LogP contribution in [0, 0.1) is 0 Å². The summed E-state index contributed by atoms with van der Waals surface area (Å²) >= 11 is 0. The molecule has 1 aliphatic rings. The Kier molecular flexibility index (Phi) is 11.8. The van der Waals surface area contributed by atoms with Gasteiger partial charge in [-0.1, -0.05) is 12.1 Å². The Hall–Kier alpha value is -1.55. The van der Waals surface area contributed by atoms with E-state index in [0.29, 0.717) is 6.54 Å². The van der Waals surface area contributed by atoms with Gasteiger partial charge in [0.15, 0.2) is 12.6 Å². The molecule has 0 bridgehead atoms. The molecule has 7 nitrogen and oxygen atoms in total. The van der Waals surface area contributed by atoms with E-state index in [0.717, 1.165) is 63.0 Å². The minimum absolute atomic E-state index is 0. The summed E-state index contributed by atoms with van der Waals surface area (Å²) in [5, 5.41) is 6.58. The number of fused-ring (bicyclic) bond motifs is 1. The summed E-state index contributed by atoms with van der Waals surface area (Å²) in [5.74, 6) is 1.56. The molecule has 0 atom stereocenters. The first kappa shape index (κ1) is 23.5. The lowest BCUT2D eigenvalue weighted by molar-refractivity contribution is -0.121. The van der Waals surface area contributed by atoms with Gasteiger partial charge in [-0.3, -0.25) is 9.79 Å². The second-order valence-electron chi connectivity index (χ2n) is 5.99. The number of halogens is 1. The maximum atomic E-state index is 12.1. The molecular weight excluding hydrogens is 459 g/mol. The summed E-state index contributed by atoms with van der Waals surface area (Å²) < 4.78 is 10.8. The van der Waals surface area contributed by atoms with E-state index in [2.05, 4.69) is 15.6 Å². The van der Waals surface area contributed by atoms with Crippen LogP contribution in [0.2, 0.25) is 0 Å². The number of carbonyl (C=O) groups excluding carboxylic acids is 1. The fourth-order valence-corrected chi connectivity index (χ4v) is 2.74. The quantitative estimate of drug-likeness (QED) is 0.228. The molecule has 0 saturated heterocycles. The lowest BCUT2D eigenvalue weighted by Gasteiger charge is -2.29. The highest BCUT2D eigenvalue weighted by atomic mass is 127.